The highest BCUT2D eigenvalue weighted by Crippen LogP contribution is 2.36. The second-order valence-corrected chi connectivity index (χ2v) is 10.3. The lowest BCUT2D eigenvalue weighted by Crippen LogP contribution is -2.44. The molecule has 0 aliphatic carbocycles. The number of aromatic nitrogens is 1. The molecule has 164 valence electrons. The average molecular weight is 429 g/mol. The maximum absolute atomic E-state index is 12.2. The molecule has 0 spiro atoms. The number of pyridine rings is 1. The number of thioether (sulfide) groups is 1. The molecular weight excluding hydrogens is 392 g/mol. The molecule has 0 saturated heterocycles. The van der Waals surface area contributed by atoms with E-state index in [-0.39, 0.29) is 0 Å². The fourth-order valence-electron chi connectivity index (χ4n) is 3.71. The van der Waals surface area contributed by atoms with Crippen molar-refractivity contribution < 1.29 is 9.90 Å². The Balaban J connectivity index is 2.83. The van der Waals surface area contributed by atoms with Crippen LogP contribution in [0.15, 0.2) is 24.3 Å². The van der Waals surface area contributed by atoms with E-state index in [0.717, 1.165) is 40.3 Å². The van der Waals surface area contributed by atoms with E-state index in [4.69, 9.17) is 4.98 Å². The Morgan fingerprint density at radius 3 is 2.20 bits per heavy atom. The number of aryl methyl sites for hydroxylation is 2. The summed E-state index contributed by atoms with van der Waals surface area (Å²) >= 11 is 1.77. The van der Waals surface area contributed by atoms with E-state index in [1.807, 2.05) is 20.8 Å². The van der Waals surface area contributed by atoms with Gasteiger partial charge in [-0.1, -0.05) is 43.7 Å². The second-order valence-electron chi connectivity index (χ2n) is 9.41. The first kappa shape index (κ1) is 24.3. The van der Waals surface area contributed by atoms with Crippen molar-refractivity contribution in [1.82, 2.24) is 9.88 Å². The third-order valence-electron chi connectivity index (χ3n) is 5.28. The first-order valence-corrected chi connectivity index (χ1v) is 11.9. The lowest BCUT2D eigenvalue weighted by atomic mass is 9.89. The molecule has 0 radical (unpaired) electrons. The van der Waals surface area contributed by atoms with Crippen molar-refractivity contribution in [3.8, 4) is 11.1 Å². The van der Waals surface area contributed by atoms with Crippen LogP contribution >= 0.6 is 11.8 Å². The minimum atomic E-state index is -0.903. The van der Waals surface area contributed by atoms with Crippen LogP contribution in [0.4, 0.5) is 4.79 Å². The minimum absolute atomic E-state index is 0.332. The largest absolute Gasteiger partial charge is 0.465 e. The average Bonchev–Trinajstić information content (AvgIpc) is 2.61. The Kier molecular flexibility index (Phi) is 7.98. The number of hydrogen-bond acceptors (Lipinski definition) is 3. The van der Waals surface area contributed by atoms with E-state index < -0.39 is 11.6 Å². The summed E-state index contributed by atoms with van der Waals surface area (Å²) in [6.07, 6.45) is 2.02. The lowest BCUT2D eigenvalue weighted by Gasteiger charge is -2.35. The molecule has 2 rings (SSSR count). The topological polar surface area (TPSA) is 53.4 Å². The molecule has 0 aliphatic rings. The van der Waals surface area contributed by atoms with Crippen molar-refractivity contribution in [2.45, 2.75) is 72.7 Å². The van der Waals surface area contributed by atoms with Gasteiger partial charge in [-0.2, -0.15) is 11.8 Å². The van der Waals surface area contributed by atoms with Gasteiger partial charge in [-0.05, 0) is 69.9 Å². The number of benzene rings is 1. The van der Waals surface area contributed by atoms with Crippen LogP contribution in [0.2, 0.25) is 0 Å². The quantitative estimate of drug-likeness (QED) is 0.533. The zero-order chi connectivity index (χ0) is 22.6. The number of amides is 1. The van der Waals surface area contributed by atoms with Gasteiger partial charge in [-0.3, -0.25) is 9.88 Å². The van der Waals surface area contributed by atoms with E-state index in [1.54, 1.807) is 11.8 Å². The number of carboxylic acid groups (broad SMARTS) is 1. The van der Waals surface area contributed by atoms with E-state index >= 15 is 0 Å². The molecule has 1 heterocycles. The van der Waals surface area contributed by atoms with Crippen molar-refractivity contribution in [3.05, 3.63) is 52.3 Å². The third kappa shape index (κ3) is 5.78. The van der Waals surface area contributed by atoms with Crippen LogP contribution in [-0.4, -0.2) is 32.9 Å². The molecular formula is C25H36N2O2S. The van der Waals surface area contributed by atoms with Crippen molar-refractivity contribution >= 4 is 17.9 Å². The molecule has 0 saturated carbocycles. The van der Waals surface area contributed by atoms with Crippen molar-refractivity contribution in [3.63, 3.8) is 0 Å². The van der Waals surface area contributed by atoms with Crippen molar-refractivity contribution in [1.29, 1.82) is 0 Å². The monoisotopic (exact) mass is 428 g/mol. The third-order valence-corrected chi connectivity index (χ3v) is 5.86. The van der Waals surface area contributed by atoms with Gasteiger partial charge in [0.05, 0.1) is 6.54 Å². The van der Waals surface area contributed by atoms with Crippen LogP contribution in [-0.2, 0) is 18.7 Å². The van der Waals surface area contributed by atoms with Gasteiger partial charge in [0.2, 0.25) is 0 Å². The molecule has 0 aliphatic heterocycles. The van der Waals surface area contributed by atoms with Crippen LogP contribution in [0, 0.1) is 19.8 Å². The molecule has 5 heteroatoms. The summed E-state index contributed by atoms with van der Waals surface area (Å²) in [5, 5.41) is 9.97. The zero-order valence-electron chi connectivity index (χ0n) is 19.7. The molecule has 0 fully saturated rings. The minimum Gasteiger partial charge on any atom is -0.465 e. The Morgan fingerprint density at radius 1 is 1.13 bits per heavy atom. The molecule has 1 amide bonds. The van der Waals surface area contributed by atoms with E-state index in [2.05, 4.69) is 58.2 Å². The molecule has 4 nitrogen and oxygen atoms in total. The SMILES string of the molecule is CSCc1c(C)nc(CC(C)C)c(CN(C(=O)O)C(C)(C)C)c1-c1ccc(C)cc1. The van der Waals surface area contributed by atoms with Gasteiger partial charge in [0.1, 0.15) is 0 Å². The van der Waals surface area contributed by atoms with Gasteiger partial charge in [0, 0.05) is 28.2 Å². The molecule has 1 aromatic carbocycles. The highest BCUT2D eigenvalue weighted by molar-refractivity contribution is 7.97. The van der Waals surface area contributed by atoms with Crippen LogP contribution in [0.25, 0.3) is 11.1 Å². The van der Waals surface area contributed by atoms with Crippen LogP contribution < -0.4 is 0 Å². The van der Waals surface area contributed by atoms with E-state index in [1.165, 1.54) is 16.0 Å². The Bertz CT molecular complexity index is 884. The first-order chi connectivity index (χ1) is 14.0. The highest BCUT2D eigenvalue weighted by Gasteiger charge is 2.29. The number of nitrogens with zero attached hydrogens (tertiary/aromatic N) is 2. The standard InChI is InChI=1S/C25H36N2O2S/c1-16(2)13-22-20(14-27(24(28)29)25(5,6)7)23(19-11-9-17(3)10-12-19)21(15-30-8)18(4)26-22/h9-12,16H,13-15H2,1-8H3,(H,28,29). The molecule has 0 bridgehead atoms. The number of carbonyl (C=O) groups is 1. The highest BCUT2D eigenvalue weighted by atomic mass is 32.2. The van der Waals surface area contributed by atoms with Gasteiger partial charge in [-0.25, -0.2) is 4.79 Å². The first-order valence-electron chi connectivity index (χ1n) is 10.5. The Hall–Kier alpha value is -2.01. The zero-order valence-corrected chi connectivity index (χ0v) is 20.5. The van der Waals surface area contributed by atoms with Gasteiger partial charge >= 0.3 is 6.09 Å². The second kappa shape index (κ2) is 9.86. The summed E-state index contributed by atoms with van der Waals surface area (Å²) in [5.41, 5.74) is 7.29. The summed E-state index contributed by atoms with van der Waals surface area (Å²) in [6.45, 7) is 14.7. The van der Waals surface area contributed by atoms with Crippen LogP contribution in [0.5, 0.6) is 0 Å². The van der Waals surface area contributed by atoms with Crippen LogP contribution in [0.1, 0.15) is 62.7 Å². The summed E-state index contributed by atoms with van der Waals surface area (Å²) in [6, 6.07) is 8.55. The molecule has 0 atom stereocenters. The van der Waals surface area contributed by atoms with Crippen LogP contribution in [0.3, 0.4) is 0 Å². The summed E-state index contributed by atoms with van der Waals surface area (Å²) in [7, 11) is 0. The predicted molar refractivity (Wildman–Crippen MR) is 128 cm³/mol. The van der Waals surface area contributed by atoms with Crippen molar-refractivity contribution in [2.24, 2.45) is 5.92 Å². The summed E-state index contributed by atoms with van der Waals surface area (Å²) < 4.78 is 0. The summed E-state index contributed by atoms with van der Waals surface area (Å²) in [4.78, 5) is 18.7. The maximum Gasteiger partial charge on any atom is 0.408 e. The van der Waals surface area contributed by atoms with Gasteiger partial charge in [0.15, 0.2) is 0 Å². The molecule has 1 N–H and O–H groups in total. The lowest BCUT2D eigenvalue weighted by molar-refractivity contribution is 0.0954. The Morgan fingerprint density at radius 2 is 1.73 bits per heavy atom. The van der Waals surface area contributed by atoms with Crippen molar-refractivity contribution in [2.75, 3.05) is 6.26 Å². The fourth-order valence-corrected chi connectivity index (χ4v) is 4.35. The fraction of sp³-hybridized carbons (Fsp3) is 0.520. The smallest absolute Gasteiger partial charge is 0.408 e. The van der Waals surface area contributed by atoms with E-state index in [0.29, 0.717) is 12.5 Å². The number of rotatable bonds is 7. The maximum atomic E-state index is 12.2. The Labute approximate surface area is 186 Å². The van der Waals surface area contributed by atoms with E-state index in [9.17, 15) is 9.90 Å². The molecule has 30 heavy (non-hydrogen) atoms. The van der Waals surface area contributed by atoms with Gasteiger partial charge in [0.25, 0.3) is 0 Å². The molecule has 1 aromatic heterocycles. The molecule has 0 unspecified atom stereocenters. The summed E-state index contributed by atoms with van der Waals surface area (Å²) in [5.74, 6) is 1.28. The predicted octanol–water partition coefficient (Wildman–Crippen LogP) is 6.71. The normalized spacial score (nSPS) is 11.8. The molecule has 2 aromatic rings. The van der Waals surface area contributed by atoms with Gasteiger partial charge < -0.3 is 5.11 Å². The number of hydrogen-bond donors (Lipinski definition) is 1. The van der Waals surface area contributed by atoms with Gasteiger partial charge in [-0.15, -0.1) is 0 Å².